The molecule has 0 atom stereocenters. The summed E-state index contributed by atoms with van der Waals surface area (Å²) in [5.74, 6) is -0.416. The number of rotatable bonds is 5. The first-order valence-electron chi connectivity index (χ1n) is 7.75. The normalized spacial score (nSPS) is 10.6. The van der Waals surface area contributed by atoms with E-state index in [9.17, 15) is 14.7 Å². The van der Waals surface area contributed by atoms with Crippen LogP contribution in [0.5, 0.6) is 5.75 Å². The Labute approximate surface area is 144 Å². The van der Waals surface area contributed by atoms with Gasteiger partial charge in [-0.3, -0.25) is 4.79 Å². The summed E-state index contributed by atoms with van der Waals surface area (Å²) in [4.78, 5) is 22.8. The molecule has 0 fully saturated rings. The van der Waals surface area contributed by atoms with Crippen LogP contribution in [0.2, 0.25) is 0 Å². The molecule has 0 spiro atoms. The summed E-state index contributed by atoms with van der Waals surface area (Å²) in [7, 11) is 1.60. The number of carboxylic acid groups (broad SMARTS) is 1. The molecule has 1 amide bonds. The third kappa shape index (κ3) is 3.47. The molecule has 3 aromatic rings. The van der Waals surface area contributed by atoms with E-state index in [4.69, 9.17) is 4.74 Å². The maximum Gasteiger partial charge on any atom is 0.352 e. The molecule has 3 rings (SSSR count). The van der Waals surface area contributed by atoms with Crippen molar-refractivity contribution in [1.29, 1.82) is 0 Å². The monoisotopic (exact) mass is 338 g/mol. The van der Waals surface area contributed by atoms with Gasteiger partial charge in [0, 0.05) is 30.1 Å². The zero-order chi connectivity index (χ0) is 18.0. The Morgan fingerprint density at radius 3 is 2.44 bits per heavy atom. The van der Waals surface area contributed by atoms with E-state index in [1.165, 1.54) is 6.92 Å². The molecule has 25 heavy (non-hydrogen) atoms. The summed E-state index contributed by atoms with van der Waals surface area (Å²) in [5.41, 5.74) is 2.60. The number of methoxy groups -OCH3 is 1. The quantitative estimate of drug-likeness (QED) is 0.747. The number of nitrogens with one attached hydrogen (secondary N) is 1. The molecule has 0 saturated heterocycles. The molecule has 6 heteroatoms. The fourth-order valence-corrected chi connectivity index (χ4v) is 2.81. The van der Waals surface area contributed by atoms with Crippen molar-refractivity contribution < 1.29 is 19.4 Å². The molecular weight excluding hydrogens is 320 g/mol. The first-order chi connectivity index (χ1) is 12.0. The van der Waals surface area contributed by atoms with Crippen LogP contribution in [0.15, 0.2) is 48.5 Å². The number of anilines is 1. The van der Waals surface area contributed by atoms with E-state index in [2.05, 4.69) is 5.32 Å². The molecule has 0 bridgehead atoms. The fourth-order valence-electron chi connectivity index (χ4n) is 2.81. The van der Waals surface area contributed by atoms with E-state index in [0.29, 0.717) is 12.2 Å². The van der Waals surface area contributed by atoms with Crippen LogP contribution in [0.1, 0.15) is 23.0 Å². The van der Waals surface area contributed by atoms with Crippen molar-refractivity contribution in [2.75, 3.05) is 12.4 Å². The second-order valence-electron chi connectivity index (χ2n) is 5.72. The van der Waals surface area contributed by atoms with Crippen LogP contribution in [0.25, 0.3) is 10.9 Å². The Bertz CT molecular complexity index is 942. The van der Waals surface area contributed by atoms with Crippen molar-refractivity contribution in [3.05, 3.63) is 59.8 Å². The lowest BCUT2D eigenvalue weighted by molar-refractivity contribution is -0.114. The number of aromatic carboxylic acids is 1. The van der Waals surface area contributed by atoms with Crippen molar-refractivity contribution >= 4 is 28.5 Å². The smallest absolute Gasteiger partial charge is 0.352 e. The molecule has 6 nitrogen and oxygen atoms in total. The largest absolute Gasteiger partial charge is 0.497 e. The summed E-state index contributed by atoms with van der Waals surface area (Å²) >= 11 is 0. The number of carbonyl (C=O) groups is 2. The maximum atomic E-state index is 11.6. The number of carbonyl (C=O) groups excluding carboxylic acids is 1. The predicted octanol–water partition coefficient (Wildman–Crippen LogP) is 3.35. The maximum absolute atomic E-state index is 11.6. The molecule has 0 aliphatic carbocycles. The molecule has 0 aliphatic heterocycles. The topological polar surface area (TPSA) is 80.6 Å². The first-order valence-corrected chi connectivity index (χ1v) is 7.75. The number of ether oxygens (including phenoxy) is 1. The zero-order valence-electron chi connectivity index (χ0n) is 13.9. The van der Waals surface area contributed by atoms with Crippen LogP contribution in [0.4, 0.5) is 5.69 Å². The van der Waals surface area contributed by atoms with Gasteiger partial charge < -0.3 is 19.7 Å². The van der Waals surface area contributed by atoms with Crippen LogP contribution < -0.4 is 10.1 Å². The van der Waals surface area contributed by atoms with Crippen molar-refractivity contribution in [3.63, 3.8) is 0 Å². The Hall–Kier alpha value is -3.28. The molecule has 0 saturated carbocycles. The van der Waals surface area contributed by atoms with Gasteiger partial charge in [-0.2, -0.15) is 0 Å². The minimum absolute atomic E-state index is 0.171. The molecule has 0 aliphatic rings. The number of carboxylic acids is 1. The second-order valence-corrected chi connectivity index (χ2v) is 5.72. The van der Waals surface area contributed by atoms with E-state index in [1.54, 1.807) is 29.9 Å². The lowest BCUT2D eigenvalue weighted by atomic mass is 10.2. The predicted molar refractivity (Wildman–Crippen MR) is 95.3 cm³/mol. The Balaban J connectivity index is 2.03. The third-order valence-electron chi connectivity index (χ3n) is 3.94. The van der Waals surface area contributed by atoms with E-state index >= 15 is 0 Å². The van der Waals surface area contributed by atoms with Gasteiger partial charge in [-0.15, -0.1) is 0 Å². The fraction of sp³-hybridized carbons (Fsp3) is 0.158. The van der Waals surface area contributed by atoms with E-state index in [1.807, 2.05) is 30.3 Å². The van der Waals surface area contributed by atoms with Gasteiger partial charge in [0.25, 0.3) is 0 Å². The Morgan fingerprint density at radius 1 is 1.12 bits per heavy atom. The molecule has 1 heterocycles. The average molecular weight is 338 g/mol. The molecule has 0 radical (unpaired) electrons. The molecule has 128 valence electrons. The highest BCUT2D eigenvalue weighted by Crippen LogP contribution is 2.25. The summed E-state index contributed by atoms with van der Waals surface area (Å²) < 4.78 is 6.89. The van der Waals surface area contributed by atoms with Crippen LogP contribution in [0, 0.1) is 0 Å². The highest BCUT2D eigenvalue weighted by atomic mass is 16.5. The van der Waals surface area contributed by atoms with Crippen LogP contribution >= 0.6 is 0 Å². The number of benzene rings is 2. The number of hydrogen-bond acceptors (Lipinski definition) is 3. The van der Waals surface area contributed by atoms with Crippen LogP contribution in [-0.2, 0) is 11.3 Å². The average Bonchev–Trinajstić information content (AvgIpc) is 2.93. The minimum Gasteiger partial charge on any atom is -0.497 e. The summed E-state index contributed by atoms with van der Waals surface area (Å²) in [5, 5.41) is 13.0. The molecule has 2 aromatic carbocycles. The number of nitrogens with zero attached hydrogens (tertiary/aromatic N) is 1. The highest BCUT2D eigenvalue weighted by molar-refractivity contribution is 5.97. The van der Waals surface area contributed by atoms with Gasteiger partial charge >= 0.3 is 5.97 Å². The van der Waals surface area contributed by atoms with Crippen LogP contribution in [-0.4, -0.2) is 28.7 Å². The van der Waals surface area contributed by atoms with Gasteiger partial charge in [-0.05, 0) is 42.0 Å². The van der Waals surface area contributed by atoms with Gasteiger partial charge in [-0.1, -0.05) is 12.1 Å². The number of aromatic nitrogens is 1. The van der Waals surface area contributed by atoms with E-state index in [-0.39, 0.29) is 11.6 Å². The highest BCUT2D eigenvalue weighted by Gasteiger charge is 2.15. The summed E-state index contributed by atoms with van der Waals surface area (Å²) in [6.07, 6.45) is 0. The molecule has 2 N–H and O–H groups in total. The van der Waals surface area contributed by atoms with Gasteiger partial charge in [0.05, 0.1) is 7.11 Å². The summed E-state index contributed by atoms with van der Waals surface area (Å²) in [6.45, 7) is 1.86. The zero-order valence-corrected chi connectivity index (χ0v) is 13.9. The lowest BCUT2D eigenvalue weighted by Crippen LogP contribution is -2.09. The molecular formula is C19H18N2O4. The van der Waals surface area contributed by atoms with Crippen molar-refractivity contribution in [3.8, 4) is 5.75 Å². The number of fused-ring (bicyclic) bond motifs is 1. The third-order valence-corrected chi connectivity index (χ3v) is 3.94. The van der Waals surface area contributed by atoms with Gasteiger partial charge in [0.15, 0.2) is 0 Å². The van der Waals surface area contributed by atoms with Gasteiger partial charge in [0.2, 0.25) is 5.91 Å². The lowest BCUT2D eigenvalue weighted by Gasteiger charge is -2.10. The number of hydrogen-bond donors (Lipinski definition) is 2. The second kappa shape index (κ2) is 6.68. The van der Waals surface area contributed by atoms with E-state index in [0.717, 1.165) is 22.2 Å². The SMILES string of the molecule is COc1ccc(Cn2c(C(=O)O)cc3cc(NC(C)=O)ccc32)cc1. The van der Waals surface area contributed by atoms with Crippen molar-refractivity contribution in [1.82, 2.24) is 4.57 Å². The Morgan fingerprint density at radius 2 is 1.84 bits per heavy atom. The molecule has 0 unspecified atom stereocenters. The van der Waals surface area contributed by atoms with Crippen molar-refractivity contribution in [2.45, 2.75) is 13.5 Å². The van der Waals surface area contributed by atoms with Crippen LogP contribution in [0.3, 0.4) is 0 Å². The van der Waals surface area contributed by atoms with Gasteiger partial charge in [-0.25, -0.2) is 4.79 Å². The number of amides is 1. The minimum atomic E-state index is -0.995. The Kier molecular flexibility index (Phi) is 4.43. The first kappa shape index (κ1) is 16.6. The standard InChI is InChI=1S/C19H18N2O4/c1-12(22)20-15-5-8-17-14(9-15)10-18(19(23)24)21(17)11-13-3-6-16(25-2)7-4-13/h3-10H,11H2,1-2H3,(H,20,22)(H,23,24). The molecule has 1 aromatic heterocycles. The van der Waals surface area contributed by atoms with Crippen molar-refractivity contribution in [2.24, 2.45) is 0 Å². The van der Waals surface area contributed by atoms with Gasteiger partial charge in [0.1, 0.15) is 11.4 Å². The summed E-state index contributed by atoms with van der Waals surface area (Å²) in [6, 6.07) is 14.5. The van der Waals surface area contributed by atoms with E-state index < -0.39 is 5.97 Å².